The van der Waals surface area contributed by atoms with Crippen molar-refractivity contribution in [2.24, 2.45) is 0 Å². The third-order valence-electron chi connectivity index (χ3n) is 5.88. The highest BCUT2D eigenvalue weighted by Crippen LogP contribution is 2.30. The van der Waals surface area contributed by atoms with Crippen molar-refractivity contribution in [3.8, 4) is 5.75 Å². The third-order valence-corrected chi connectivity index (χ3v) is 7.80. The van der Waals surface area contributed by atoms with E-state index in [1.807, 2.05) is 24.3 Å². The molecule has 2 heterocycles. The number of carbonyl (C=O) groups excluding carboxylic acids is 2. The number of nitrogens with one attached hydrogen (secondary N) is 1. The molecule has 0 saturated carbocycles. The fraction of sp³-hybridized carbons (Fsp3) is 0.333. The number of methoxy groups -OCH3 is 1. The number of aromatic nitrogens is 1. The van der Waals surface area contributed by atoms with Crippen LogP contribution in [0.2, 0.25) is 0 Å². The summed E-state index contributed by atoms with van der Waals surface area (Å²) >= 11 is 0. The fourth-order valence-corrected chi connectivity index (χ4v) is 5.85. The largest absolute Gasteiger partial charge is 0.495 e. The normalized spacial score (nSPS) is 15.5. The molecule has 1 saturated heterocycles. The van der Waals surface area contributed by atoms with Gasteiger partial charge in [0.05, 0.1) is 12.7 Å². The topological polar surface area (TPSA) is 106 Å². The number of carbonyl (C=O) groups is 2. The van der Waals surface area contributed by atoms with Crippen LogP contribution in [-0.4, -0.2) is 55.8 Å². The maximum absolute atomic E-state index is 13.1. The van der Waals surface area contributed by atoms with Gasteiger partial charge in [0.1, 0.15) is 10.6 Å². The van der Waals surface area contributed by atoms with Crippen LogP contribution in [0.1, 0.15) is 46.2 Å². The molecule has 1 aromatic heterocycles. The van der Waals surface area contributed by atoms with Gasteiger partial charge in [-0.2, -0.15) is 4.31 Å². The van der Waals surface area contributed by atoms with E-state index in [-0.39, 0.29) is 22.0 Å². The van der Waals surface area contributed by atoms with Crippen LogP contribution in [0.25, 0.3) is 10.9 Å². The maximum atomic E-state index is 13.1. The molecule has 0 aliphatic carbocycles. The van der Waals surface area contributed by atoms with E-state index >= 15 is 0 Å². The van der Waals surface area contributed by atoms with Gasteiger partial charge in [0.25, 0.3) is 0 Å². The highest BCUT2D eigenvalue weighted by molar-refractivity contribution is 7.89. The summed E-state index contributed by atoms with van der Waals surface area (Å²) in [7, 11) is -2.44. The molecule has 0 spiro atoms. The number of ketones is 1. The number of aromatic amines is 1. The second-order valence-corrected chi connectivity index (χ2v) is 9.97. The van der Waals surface area contributed by atoms with Crippen LogP contribution < -0.4 is 4.74 Å². The Hall–Kier alpha value is -3.17. The van der Waals surface area contributed by atoms with Crippen LogP contribution in [0.3, 0.4) is 0 Å². The summed E-state index contributed by atoms with van der Waals surface area (Å²) in [6.45, 7) is 4.15. The van der Waals surface area contributed by atoms with Crippen molar-refractivity contribution in [1.82, 2.24) is 9.29 Å². The first-order valence-electron chi connectivity index (χ1n) is 10.7. The van der Waals surface area contributed by atoms with Gasteiger partial charge in [-0.1, -0.05) is 18.2 Å². The van der Waals surface area contributed by atoms with E-state index in [1.54, 1.807) is 6.92 Å². The molecule has 9 heteroatoms. The molecule has 2 aromatic carbocycles. The second-order valence-electron chi connectivity index (χ2n) is 8.06. The molecule has 1 fully saturated rings. The molecule has 8 nitrogen and oxygen atoms in total. The standard InChI is InChI=1S/C24H26N2O6S/c1-15-22(18-8-4-5-9-19(18)25-15)23(27)16(2)32-24(28)17-10-11-20(31-3)21(14-17)33(29,30)26-12-6-7-13-26/h4-5,8-11,14,16,25H,6-7,12-13H2,1-3H3/t16-/m1/s1. The van der Waals surface area contributed by atoms with Gasteiger partial charge >= 0.3 is 5.97 Å². The zero-order valence-corrected chi connectivity index (χ0v) is 19.6. The molecule has 1 aliphatic heterocycles. The first kappa shape index (κ1) is 23.0. The van der Waals surface area contributed by atoms with Crippen LogP contribution in [0.4, 0.5) is 0 Å². The molecule has 1 N–H and O–H groups in total. The van der Waals surface area contributed by atoms with Crippen molar-refractivity contribution >= 4 is 32.7 Å². The number of hydrogen-bond donors (Lipinski definition) is 1. The molecule has 0 bridgehead atoms. The van der Waals surface area contributed by atoms with Gasteiger partial charge in [-0.15, -0.1) is 0 Å². The van der Waals surface area contributed by atoms with Gasteiger partial charge in [0.2, 0.25) is 15.8 Å². The van der Waals surface area contributed by atoms with E-state index in [0.29, 0.717) is 24.3 Å². The minimum absolute atomic E-state index is 0.0314. The summed E-state index contributed by atoms with van der Waals surface area (Å²) < 4.78 is 38.2. The van der Waals surface area contributed by atoms with Gasteiger partial charge in [0, 0.05) is 35.2 Å². The number of nitrogens with zero attached hydrogens (tertiary/aromatic N) is 1. The minimum Gasteiger partial charge on any atom is -0.495 e. The predicted molar refractivity (Wildman–Crippen MR) is 123 cm³/mol. The van der Waals surface area contributed by atoms with Crippen LogP contribution >= 0.6 is 0 Å². The molecule has 0 radical (unpaired) electrons. The van der Waals surface area contributed by atoms with Crippen LogP contribution in [-0.2, 0) is 14.8 Å². The van der Waals surface area contributed by atoms with Crippen molar-refractivity contribution < 1.29 is 27.5 Å². The zero-order chi connectivity index (χ0) is 23.8. The molecule has 4 rings (SSSR count). The first-order chi connectivity index (χ1) is 15.7. The van der Waals surface area contributed by atoms with E-state index in [0.717, 1.165) is 23.7 Å². The molecular weight excluding hydrogens is 444 g/mol. The molecular formula is C24H26N2O6S. The van der Waals surface area contributed by atoms with Crippen molar-refractivity contribution in [1.29, 1.82) is 0 Å². The summed E-state index contributed by atoms with van der Waals surface area (Å²) in [6, 6.07) is 11.5. The summed E-state index contributed by atoms with van der Waals surface area (Å²) in [5.41, 5.74) is 2.01. The Balaban J connectivity index is 1.59. The molecule has 1 atom stereocenters. The number of Topliss-reactive ketones (excluding diaryl/α,β-unsaturated/α-hetero) is 1. The van der Waals surface area contributed by atoms with E-state index in [4.69, 9.17) is 9.47 Å². The Morgan fingerprint density at radius 1 is 1.09 bits per heavy atom. The highest BCUT2D eigenvalue weighted by Gasteiger charge is 2.31. The Morgan fingerprint density at radius 2 is 1.79 bits per heavy atom. The van der Waals surface area contributed by atoms with E-state index < -0.39 is 22.1 Å². The lowest BCUT2D eigenvalue weighted by Gasteiger charge is -2.18. The molecule has 1 aliphatic rings. The van der Waals surface area contributed by atoms with Crippen molar-refractivity contribution in [3.63, 3.8) is 0 Å². The monoisotopic (exact) mass is 470 g/mol. The maximum Gasteiger partial charge on any atom is 0.338 e. The lowest BCUT2D eigenvalue weighted by molar-refractivity contribution is 0.0319. The van der Waals surface area contributed by atoms with E-state index in [1.165, 1.54) is 36.5 Å². The van der Waals surface area contributed by atoms with Crippen LogP contribution in [0.15, 0.2) is 47.4 Å². The number of ether oxygens (including phenoxy) is 2. The predicted octanol–water partition coefficient (Wildman–Crippen LogP) is 3.70. The van der Waals surface area contributed by atoms with Gasteiger partial charge in [0.15, 0.2) is 6.10 Å². The summed E-state index contributed by atoms with van der Waals surface area (Å²) in [4.78, 5) is 29.0. The number of H-pyrrole nitrogens is 1. The number of esters is 1. The molecule has 174 valence electrons. The number of aryl methyl sites for hydroxylation is 1. The Kier molecular flexibility index (Phi) is 6.27. The Morgan fingerprint density at radius 3 is 2.48 bits per heavy atom. The van der Waals surface area contributed by atoms with Crippen molar-refractivity contribution in [2.45, 2.75) is 37.7 Å². The van der Waals surface area contributed by atoms with Crippen molar-refractivity contribution in [3.05, 3.63) is 59.3 Å². The van der Waals surface area contributed by atoms with Gasteiger partial charge in [-0.3, -0.25) is 4.79 Å². The molecule has 3 aromatic rings. The van der Waals surface area contributed by atoms with E-state index in [2.05, 4.69) is 4.98 Å². The summed E-state index contributed by atoms with van der Waals surface area (Å²) in [6.07, 6.45) is 0.517. The number of para-hydroxylation sites is 1. The Labute approximate surface area is 192 Å². The highest BCUT2D eigenvalue weighted by atomic mass is 32.2. The SMILES string of the molecule is COc1ccc(C(=O)O[C@H](C)C(=O)c2c(C)[nH]c3ccccc23)cc1S(=O)(=O)N1CCCC1. The quantitative estimate of drug-likeness (QED) is 0.417. The average Bonchev–Trinajstić information content (AvgIpc) is 3.46. The van der Waals surface area contributed by atoms with Gasteiger partial charge in [-0.05, 0) is 51.0 Å². The second kappa shape index (κ2) is 8.99. The third kappa shape index (κ3) is 4.26. The zero-order valence-electron chi connectivity index (χ0n) is 18.8. The summed E-state index contributed by atoms with van der Waals surface area (Å²) in [5.74, 6) is -0.970. The van der Waals surface area contributed by atoms with Crippen LogP contribution in [0, 0.1) is 6.92 Å². The number of hydrogen-bond acceptors (Lipinski definition) is 6. The lowest BCUT2D eigenvalue weighted by atomic mass is 10.0. The number of sulfonamides is 1. The van der Waals surface area contributed by atoms with Gasteiger partial charge in [-0.25, -0.2) is 13.2 Å². The number of rotatable bonds is 7. The lowest BCUT2D eigenvalue weighted by Crippen LogP contribution is -2.29. The van der Waals surface area contributed by atoms with Gasteiger partial charge < -0.3 is 14.5 Å². The van der Waals surface area contributed by atoms with Crippen LogP contribution in [0.5, 0.6) is 5.75 Å². The fourth-order valence-electron chi connectivity index (χ4n) is 4.15. The molecule has 33 heavy (non-hydrogen) atoms. The number of benzene rings is 2. The molecule has 0 unspecified atom stereocenters. The van der Waals surface area contributed by atoms with E-state index in [9.17, 15) is 18.0 Å². The first-order valence-corrected chi connectivity index (χ1v) is 12.2. The van der Waals surface area contributed by atoms with Crippen molar-refractivity contribution in [2.75, 3.05) is 20.2 Å². The number of fused-ring (bicyclic) bond motifs is 1. The molecule has 0 amide bonds. The smallest absolute Gasteiger partial charge is 0.338 e. The Bertz CT molecular complexity index is 1320. The summed E-state index contributed by atoms with van der Waals surface area (Å²) in [5, 5.41) is 0.756. The average molecular weight is 471 g/mol. The minimum atomic E-state index is -3.82.